The first-order chi connectivity index (χ1) is 17.2. The molecule has 0 radical (unpaired) electrons. The molecule has 2 aliphatic carbocycles. The van der Waals surface area contributed by atoms with E-state index in [-0.39, 0.29) is 23.2 Å². The van der Waals surface area contributed by atoms with Crippen molar-refractivity contribution in [3.05, 3.63) is 82.0 Å². The number of para-hydroxylation sites is 1. The summed E-state index contributed by atoms with van der Waals surface area (Å²) in [6.45, 7) is 4.59. The van der Waals surface area contributed by atoms with Gasteiger partial charge in [-0.1, -0.05) is 61.7 Å². The van der Waals surface area contributed by atoms with Crippen molar-refractivity contribution >= 4 is 21.3 Å². The van der Waals surface area contributed by atoms with Gasteiger partial charge in [0.25, 0.3) is 0 Å². The molecule has 192 valence electrons. The largest absolute Gasteiger partial charge is 0.362 e. The first-order valence-electron chi connectivity index (χ1n) is 13.0. The average Bonchev–Trinajstić information content (AvgIpc) is 3.62. The van der Waals surface area contributed by atoms with Crippen molar-refractivity contribution < 1.29 is 12.8 Å². The van der Waals surface area contributed by atoms with Crippen LogP contribution < -0.4 is 10.6 Å². The van der Waals surface area contributed by atoms with Crippen LogP contribution in [0.25, 0.3) is 5.57 Å². The Labute approximate surface area is 214 Å². The predicted molar refractivity (Wildman–Crippen MR) is 145 cm³/mol. The van der Waals surface area contributed by atoms with Gasteiger partial charge in [-0.15, -0.1) is 0 Å². The van der Waals surface area contributed by atoms with Crippen LogP contribution >= 0.6 is 0 Å². The zero-order valence-corrected chi connectivity index (χ0v) is 22.2. The molecular formula is C29H36FN3O2S. The van der Waals surface area contributed by atoms with Gasteiger partial charge in [0.2, 0.25) is 10.0 Å². The van der Waals surface area contributed by atoms with E-state index in [1.807, 2.05) is 55.5 Å². The number of rotatable bonds is 6. The van der Waals surface area contributed by atoms with E-state index in [2.05, 4.69) is 11.8 Å². The highest BCUT2D eigenvalue weighted by Gasteiger charge is 2.46. The maximum atomic E-state index is 16.1. The SMILES string of the molecule is CCCC[C@@H]1CN(c2ccccc2)C2CC(F)=C(c3cc(C)ccc3C3(N)CC3)C=C2S(=O)(=O)N1C. The maximum Gasteiger partial charge on any atom is 0.241 e. The van der Waals surface area contributed by atoms with Crippen LogP contribution in [0.1, 0.15) is 62.1 Å². The van der Waals surface area contributed by atoms with Gasteiger partial charge in [0, 0.05) is 42.9 Å². The quantitative estimate of drug-likeness (QED) is 0.549. The Balaban J connectivity index is 1.66. The first-order valence-corrected chi connectivity index (χ1v) is 14.4. The monoisotopic (exact) mass is 509 g/mol. The molecule has 2 atom stereocenters. The summed E-state index contributed by atoms with van der Waals surface area (Å²) in [6, 6.07) is 14.9. The van der Waals surface area contributed by atoms with Crippen molar-refractivity contribution in [1.82, 2.24) is 4.31 Å². The number of halogens is 1. The molecule has 1 heterocycles. The average molecular weight is 510 g/mol. The second kappa shape index (κ2) is 9.43. The molecule has 0 spiro atoms. The van der Waals surface area contributed by atoms with Gasteiger partial charge in [-0.3, -0.25) is 0 Å². The molecule has 1 saturated carbocycles. The first kappa shape index (κ1) is 25.2. The molecule has 1 aliphatic heterocycles. The molecule has 1 unspecified atom stereocenters. The maximum absolute atomic E-state index is 16.1. The third-order valence-electron chi connectivity index (χ3n) is 8.02. The molecule has 2 fully saturated rings. The highest BCUT2D eigenvalue weighted by Crippen LogP contribution is 2.48. The van der Waals surface area contributed by atoms with Crippen LogP contribution in [-0.2, 0) is 15.6 Å². The van der Waals surface area contributed by atoms with Gasteiger partial charge in [-0.25, -0.2) is 12.8 Å². The fourth-order valence-electron chi connectivity index (χ4n) is 5.60. The summed E-state index contributed by atoms with van der Waals surface area (Å²) in [5.74, 6) is -0.286. The van der Waals surface area contributed by atoms with Crippen molar-refractivity contribution in [2.24, 2.45) is 5.73 Å². The number of benzene rings is 2. The standard InChI is InChI=1S/C29H36FN3O2S/c1-4-5-9-22-19-33(21-10-7-6-8-11-21)27-18-26(30)24(17-28(27)36(34,35)32(22)3)23-16-20(2)12-13-25(23)29(31)14-15-29/h6-8,10-13,16-17,22,27H,4-5,9,14-15,18-19,31H2,1-3H3/t22-,27?/m1/s1. The van der Waals surface area contributed by atoms with E-state index in [9.17, 15) is 8.42 Å². The summed E-state index contributed by atoms with van der Waals surface area (Å²) in [7, 11) is -2.13. The lowest BCUT2D eigenvalue weighted by molar-refractivity contribution is 0.349. The van der Waals surface area contributed by atoms with Gasteiger partial charge < -0.3 is 10.6 Å². The third-order valence-corrected chi connectivity index (χ3v) is 10.1. The number of hydrogen-bond acceptors (Lipinski definition) is 4. The van der Waals surface area contributed by atoms with E-state index in [1.54, 1.807) is 13.1 Å². The molecule has 2 N–H and O–H groups in total. The number of sulfonamides is 1. The van der Waals surface area contributed by atoms with E-state index in [1.165, 1.54) is 4.31 Å². The summed E-state index contributed by atoms with van der Waals surface area (Å²) in [5.41, 5.74) is 9.97. The van der Waals surface area contributed by atoms with Gasteiger partial charge in [-0.05, 0) is 55.5 Å². The smallest absolute Gasteiger partial charge is 0.241 e. The number of hydrogen-bond donors (Lipinski definition) is 1. The van der Waals surface area contributed by atoms with Crippen LogP contribution in [0, 0.1) is 6.92 Å². The highest BCUT2D eigenvalue weighted by atomic mass is 32.2. The van der Waals surface area contributed by atoms with Crippen molar-refractivity contribution in [3.8, 4) is 0 Å². The molecule has 0 bridgehead atoms. The van der Waals surface area contributed by atoms with Crippen molar-refractivity contribution in [2.45, 2.75) is 70.0 Å². The molecule has 0 amide bonds. The van der Waals surface area contributed by atoms with Gasteiger partial charge in [0.15, 0.2) is 0 Å². The van der Waals surface area contributed by atoms with Crippen LogP contribution in [0.4, 0.5) is 10.1 Å². The van der Waals surface area contributed by atoms with Crippen molar-refractivity contribution in [3.63, 3.8) is 0 Å². The number of likely N-dealkylation sites (N-methyl/N-ethyl adjacent to an activating group) is 1. The second-order valence-electron chi connectivity index (χ2n) is 10.6. The van der Waals surface area contributed by atoms with Crippen LogP contribution in [0.5, 0.6) is 0 Å². The van der Waals surface area contributed by atoms with Crippen LogP contribution in [0.3, 0.4) is 0 Å². The van der Waals surface area contributed by atoms with E-state index < -0.39 is 21.6 Å². The normalized spacial score (nSPS) is 25.2. The molecular weight excluding hydrogens is 473 g/mol. The fourth-order valence-corrected chi connectivity index (χ4v) is 7.32. The number of nitrogens with two attached hydrogens (primary N) is 1. The third kappa shape index (κ3) is 4.42. The molecule has 36 heavy (non-hydrogen) atoms. The zero-order chi connectivity index (χ0) is 25.7. The second-order valence-corrected chi connectivity index (χ2v) is 12.6. The Kier molecular flexibility index (Phi) is 6.60. The van der Waals surface area contributed by atoms with E-state index >= 15 is 4.39 Å². The van der Waals surface area contributed by atoms with E-state index in [0.29, 0.717) is 17.7 Å². The van der Waals surface area contributed by atoms with Crippen molar-refractivity contribution in [2.75, 3.05) is 18.5 Å². The lowest BCUT2D eigenvalue weighted by Crippen LogP contribution is -2.42. The number of allylic oxidation sites excluding steroid dienone is 2. The fraction of sp³-hybridized carbons (Fsp3) is 0.448. The van der Waals surface area contributed by atoms with E-state index in [4.69, 9.17) is 5.73 Å². The zero-order valence-electron chi connectivity index (χ0n) is 21.4. The Bertz CT molecular complexity index is 1320. The molecule has 5 nitrogen and oxygen atoms in total. The molecule has 2 aromatic carbocycles. The number of fused-ring (bicyclic) bond motifs is 1. The predicted octanol–water partition coefficient (Wildman–Crippen LogP) is 5.62. The molecule has 1 saturated heterocycles. The summed E-state index contributed by atoms with van der Waals surface area (Å²) in [6.07, 6.45) is 5.97. The highest BCUT2D eigenvalue weighted by molar-refractivity contribution is 7.93. The molecule has 5 rings (SSSR count). The minimum Gasteiger partial charge on any atom is -0.362 e. The van der Waals surface area contributed by atoms with E-state index in [0.717, 1.165) is 48.9 Å². The summed E-state index contributed by atoms with van der Waals surface area (Å²) in [4.78, 5) is 2.35. The molecule has 7 heteroatoms. The lowest BCUT2D eigenvalue weighted by atomic mass is 9.87. The number of unbranched alkanes of at least 4 members (excludes halogenated alkanes) is 1. The molecule has 3 aliphatic rings. The molecule has 2 aromatic rings. The Morgan fingerprint density at radius 1 is 1.14 bits per heavy atom. The van der Waals surface area contributed by atoms with Gasteiger partial charge in [0.1, 0.15) is 5.83 Å². The summed E-state index contributed by atoms with van der Waals surface area (Å²) in [5, 5.41) is 0. The minimum absolute atomic E-state index is 0.00851. The van der Waals surface area contributed by atoms with Crippen LogP contribution in [0.2, 0.25) is 0 Å². The summed E-state index contributed by atoms with van der Waals surface area (Å²) < 4.78 is 45.6. The van der Waals surface area contributed by atoms with Gasteiger partial charge in [-0.2, -0.15) is 4.31 Å². The lowest BCUT2D eigenvalue weighted by Gasteiger charge is -2.35. The summed E-state index contributed by atoms with van der Waals surface area (Å²) >= 11 is 0. The number of nitrogens with zero attached hydrogens (tertiary/aromatic N) is 2. The van der Waals surface area contributed by atoms with Gasteiger partial charge >= 0.3 is 0 Å². The van der Waals surface area contributed by atoms with Crippen LogP contribution in [-0.4, -0.2) is 38.4 Å². The Morgan fingerprint density at radius 2 is 1.86 bits per heavy atom. The van der Waals surface area contributed by atoms with Crippen molar-refractivity contribution in [1.29, 1.82) is 0 Å². The van der Waals surface area contributed by atoms with Crippen LogP contribution in [0.15, 0.2) is 65.3 Å². The number of anilines is 1. The minimum atomic E-state index is -3.81. The molecule has 0 aromatic heterocycles. The van der Waals surface area contributed by atoms with Gasteiger partial charge in [0.05, 0.1) is 10.9 Å². The Morgan fingerprint density at radius 3 is 2.53 bits per heavy atom. The topological polar surface area (TPSA) is 66.6 Å². The number of aryl methyl sites for hydroxylation is 1. The Hall–Kier alpha value is -2.48.